The van der Waals surface area contributed by atoms with E-state index in [1.807, 2.05) is 24.3 Å². The van der Waals surface area contributed by atoms with Crippen molar-refractivity contribution in [3.05, 3.63) is 40.5 Å². The highest BCUT2D eigenvalue weighted by Crippen LogP contribution is 2.27. The first-order valence-electron chi connectivity index (χ1n) is 5.59. The van der Waals surface area contributed by atoms with Crippen molar-refractivity contribution in [3.8, 4) is 11.6 Å². The van der Waals surface area contributed by atoms with E-state index >= 15 is 0 Å². The molecule has 2 aromatic rings. The Labute approximate surface area is 118 Å². The quantitative estimate of drug-likeness (QED) is 0.574. The smallest absolute Gasteiger partial charge is 0.240 e. The van der Waals surface area contributed by atoms with E-state index in [4.69, 9.17) is 15.7 Å². The molecule has 0 aliphatic rings. The van der Waals surface area contributed by atoms with Gasteiger partial charge < -0.3 is 9.84 Å². The summed E-state index contributed by atoms with van der Waals surface area (Å²) in [4.78, 5) is 8.02. The molecule has 0 fully saturated rings. The molecule has 4 N–H and O–H groups in total. The molecule has 0 amide bonds. The Morgan fingerprint density at radius 2 is 2.05 bits per heavy atom. The van der Waals surface area contributed by atoms with Crippen LogP contribution in [0.3, 0.4) is 0 Å². The van der Waals surface area contributed by atoms with Gasteiger partial charge in [0.25, 0.3) is 0 Å². The summed E-state index contributed by atoms with van der Waals surface area (Å²) in [5, 5.41) is 8.85. The van der Waals surface area contributed by atoms with Crippen molar-refractivity contribution in [2.24, 2.45) is 5.84 Å². The number of nitrogens with zero attached hydrogens (tertiary/aromatic N) is 2. The summed E-state index contributed by atoms with van der Waals surface area (Å²) in [5.74, 6) is 6.53. The average molecular weight is 325 g/mol. The van der Waals surface area contributed by atoms with Crippen molar-refractivity contribution in [2.75, 3.05) is 12.0 Å². The third kappa shape index (κ3) is 3.63. The SMILES string of the molecule is NNc1ncc(Br)c(Oc2ccc(CCO)cc2)n1. The molecule has 7 heteroatoms. The number of aromatic nitrogens is 2. The van der Waals surface area contributed by atoms with Gasteiger partial charge in [-0.2, -0.15) is 4.98 Å². The largest absolute Gasteiger partial charge is 0.438 e. The predicted molar refractivity (Wildman–Crippen MR) is 74.8 cm³/mol. The number of anilines is 1. The number of hydrazine groups is 1. The highest BCUT2D eigenvalue weighted by Gasteiger charge is 2.07. The van der Waals surface area contributed by atoms with Crippen molar-refractivity contribution < 1.29 is 9.84 Å². The van der Waals surface area contributed by atoms with E-state index < -0.39 is 0 Å². The van der Waals surface area contributed by atoms with Gasteiger partial charge in [-0.1, -0.05) is 12.1 Å². The molecule has 0 saturated heterocycles. The molecule has 19 heavy (non-hydrogen) atoms. The maximum atomic E-state index is 8.85. The van der Waals surface area contributed by atoms with Gasteiger partial charge in [-0.05, 0) is 40.0 Å². The van der Waals surface area contributed by atoms with Crippen molar-refractivity contribution in [2.45, 2.75) is 6.42 Å². The molecule has 0 atom stereocenters. The lowest BCUT2D eigenvalue weighted by Gasteiger charge is -2.08. The Balaban J connectivity index is 2.16. The van der Waals surface area contributed by atoms with Crippen molar-refractivity contribution >= 4 is 21.9 Å². The molecule has 6 nitrogen and oxygen atoms in total. The van der Waals surface area contributed by atoms with Gasteiger partial charge in [0.05, 0.1) is 10.7 Å². The van der Waals surface area contributed by atoms with E-state index in [1.54, 1.807) is 6.20 Å². The molecule has 0 aliphatic carbocycles. The van der Waals surface area contributed by atoms with Gasteiger partial charge in [-0.15, -0.1) is 0 Å². The van der Waals surface area contributed by atoms with Gasteiger partial charge in [-0.25, -0.2) is 10.8 Å². The second-order valence-corrected chi connectivity index (χ2v) is 4.56. The minimum atomic E-state index is 0.128. The Hall–Kier alpha value is -1.70. The van der Waals surface area contributed by atoms with Crippen LogP contribution in [0.15, 0.2) is 34.9 Å². The second kappa shape index (κ2) is 6.46. The van der Waals surface area contributed by atoms with Crippen LogP contribution in [-0.4, -0.2) is 21.7 Å². The summed E-state index contributed by atoms with van der Waals surface area (Å²) in [7, 11) is 0. The van der Waals surface area contributed by atoms with Gasteiger partial charge >= 0.3 is 0 Å². The first-order valence-corrected chi connectivity index (χ1v) is 6.39. The highest BCUT2D eigenvalue weighted by atomic mass is 79.9. The Morgan fingerprint density at radius 3 is 2.68 bits per heavy atom. The summed E-state index contributed by atoms with van der Waals surface area (Å²) >= 11 is 3.30. The fourth-order valence-corrected chi connectivity index (χ4v) is 1.73. The van der Waals surface area contributed by atoms with Gasteiger partial charge in [0.1, 0.15) is 5.75 Å². The van der Waals surface area contributed by atoms with Crippen molar-refractivity contribution in [1.29, 1.82) is 0 Å². The second-order valence-electron chi connectivity index (χ2n) is 3.71. The van der Waals surface area contributed by atoms with Gasteiger partial charge in [0, 0.05) is 6.61 Å². The van der Waals surface area contributed by atoms with E-state index in [2.05, 4.69) is 31.3 Å². The molecule has 0 aliphatic heterocycles. The van der Waals surface area contributed by atoms with E-state index in [0.29, 0.717) is 22.5 Å². The minimum absolute atomic E-state index is 0.128. The topological polar surface area (TPSA) is 93.3 Å². The lowest BCUT2D eigenvalue weighted by Crippen LogP contribution is -2.10. The van der Waals surface area contributed by atoms with Crippen LogP contribution in [-0.2, 0) is 6.42 Å². The summed E-state index contributed by atoms with van der Waals surface area (Å²) in [5.41, 5.74) is 3.40. The number of aliphatic hydroxyl groups is 1. The zero-order valence-electron chi connectivity index (χ0n) is 10.0. The molecule has 1 aromatic carbocycles. The van der Waals surface area contributed by atoms with Crippen LogP contribution in [0.4, 0.5) is 5.95 Å². The fourth-order valence-electron chi connectivity index (χ4n) is 1.46. The molecule has 0 spiro atoms. The number of halogens is 1. The summed E-state index contributed by atoms with van der Waals surface area (Å²) in [6, 6.07) is 7.41. The molecule has 0 radical (unpaired) electrons. The van der Waals surface area contributed by atoms with E-state index in [0.717, 1.165) is 5.56 Å². The standard InChI is InChI=1S/C12H13BrN4O2/c13-10-7-15-12(17-14)16-11(10)19-9-3-1-8(2-4-9)5-6-18/h1-4,7,18H,5-6,14H2,(H,15,16,17). The molecular formula is C12H13BrN4O2. The monoisotopic (exact) mass is 324 g/mol. The van der Waals surface area contributed by atoms with Gasteiger partial charge in [0.2, 0.25) is 11.8 Å². The van der Waals surface area contributed by atoms with Crippen LogP contribution < -0.4 is 16.0 Å². The predicted octanol–water partition coefficient (Wildman–Crippen LogP) is 1.85. The van der Waals surface area contributed by atoms with E-state index in [-0.39, 0.29) is 12.6 Å². The maximum Gasteiger partial charge on any atom is 0.240 e. The van der Waals surface area contributed by atoms with Crippen molar-refractivity contribution in [1.82, 2.24) is 9.97 Å². The van der Waals surface area contributed by atoms with Crippen LogP contribution in [0, 0.1) is 0 Å². The van der Waals surface area contributed by atoms with Gasteiger partial charge in [-0.3, -0.25) is 5.43 Å². The first-order chi connectivity index (χ1) is 9.22. The van der Waals surface area contributed by atoms with Crippen LogP contribution in [0.2, 0.25) is 0 Å². The summed E-state index contributed by atoms with van der Waals surface area (Å²) < 4.78 is 6.26. The molecule has 1 aromatic heterocycles. The van der Waals surface area contributed by atoms with Crippen LogP contribution in [0.25, 0.3) is 0 Å². The molecule has 1 heterocycles. The highest BCUT2D eigenvalue weighted by molar-refractivity contribution is 9.10. The van der Waals surface area contributed by atoms with Crippen LogP contribution in [0.5, 0.6) is 11.6 Å². The summed E-state index contributed by atoms with van der Waals surface area (Å²) in [6.45, 7) is 0.128. The summed E-state index contributed by atoms with van der Waals surface area (Å²) in [6.07, 6.45) is 2.18. The first kappa shape index (κ1) is 13.7. The van der Waals surface area contributed by atoms with E-state index in [9.17, 15) is 0 Å². The maximum absolute atomic E-state index is 8.85. The fraction of sp³-hybridized carbons (Fsp3) is 0.167. The number of benzene rings is 1. The molecule has 0 saturated carbocycles. The zero-order chi connectivity index (χ0) is 13.7. The zero-order valence-corrected chi connectivity index (χ0v) is 11.6. The lowest BCUT2D eigenvalue weighted by molar-refractivity contribution is 0.299. The van der Waals surface area contributed by atoms with Gasteiger partial charge in [0.15, 0.2) is 0 Å². The molecular weight excluding hydrogens is 312 g/mol. The Kier molecular flexibility index (Phi) is 4.67. The average Bonchev–Trinajstić information content (AvgIpc) is 2.44. The Bertz CT molecular complexity index is 548. The molecule has 100 valence electrons. The minimum Gasteiger partial charge on any atom is -0.438 e. The third-order valence-corrected chi connectivity index (χ3v) is 2.92. The molecule has 2 rings (SSSR count). The number of nitrogen functional groups attached to an aromatic ring is 1. The number of aliphatic hydroxyl groups excluding tert-OH is 1. The number of nitrogens with one attached hydrogen (secondary N) is 1. The molecule has 0 bridgehead atoms. The number of ether oxygens (including phenoxy) is 1. The normalized spacial score (nSPS) is 10.3. The van der Waals surface area contributed by atoms with Crippen molar-refractivity contribution in [3.63, 3.8) is 0 Å². The number of nitrogens with two attached hydrogens (primary N) is 1. The lowest BCUT2D eigenvalue weighted by atomic mass is 10.1. The van der Waals surface area contributed by atoms with Crippen LogP contribution in [0.1, 0.15) is 5.56 Å². The third-order valence-electron chi connectivity index (χ3n) is 2.38. The number of rotatable bonds is 5. The number of hydrogen-bond acceptors (Lipinski definition) is 6. The van der Waals surface area contributed by atoms with E-state index in [1.165, 1.54) is 0 Å². The Morgan fingerprint density at radius 1 is 1.32 bits per heavy atom. The molecule has 0 unspecified atom stereocenters. The van der Waals surface area contributed by atoms with Crippen LogP contribution >= 0.6 is 15.9 Å². The number of hydrogen-bond donors (Lipinski definition) is 3.